The lowest BCUT2D eigenvalue weighted by molar-refractivity contribution is -0.139. The lowest BCUT2D eigenvalue weighted by Gasteiger charge is -2.25. The molecule has 0 unspecified atom stereocenters. The second kappa shape index (κ2) is 13.2. The number of halogens is 1. The van der Waals surface area contributed by atoms with Gasteiger partial charge in [-0.1, -0.05) is 62.4 Å². The topological polar surface area (TPSA) is 120 Å². The van der Waals surface area contributed by atoms with E-state index in [-0.39, 0.29) is 37.2 Å². The molecule has 0 spiro atoms. The van der Waals surface area contributed by atoms with E-state index < -0.39 is 24.6 Å². The number of aliphatic hydroxyl groups excluding tert-OH is 2. The van der Waals surface area contributed by atoms with Gasteiger partial charge in [-0.25, -0.2) is 4.39 Å². The Hall–Kier alpha value is -3.92. The second-order valence-electron chi connectivity index (χ2n) is 10.5. The number of methoxy groups -OCH3 is 1. The number of amides is 1. The number of ether oxygens (including phenoxy) is 1. The van der Waals surface area contributed by atoms with Crippen molar-refractivity contribution < 1.29 is 34.0 Å². The Kier molecular flexibility index (Phi) is 9.65. The first kappa shape index (κ1) is 30.0. The number of fused-ring (bicyclic) bond motifs is 3. The summed E-state index contributed by atoms with van der Waals surface area (Å²) in [6.45, 7) is 4.51. The number of nitrogens with zero attached hydrogens (tertiary/aromatic N) is 2. The van der Waals surface area contributed by atoms with Crippen molar-refractivity contribution in [2.45, 2.75) is 57.9 Å². The highest BCUT2D eigenvalue weighted by Crippen LogP contribution is 2.42. The van der Waals surface area contributed by atoms with E-state index in [0.717, 1.165) is 33.6 Å². The lowest BCUT2D eigenvalue weighted by atomic mass is 9.87. The minimum atomic E-state index is -1.21. The van der Waals surface area contributed by atoms with Crippen LogP contribution in [0.2, 0.25) is 0 Å². The van der Waals surface area contributed by atoms with Crippen molar-refractivity contribution in [3.63, 3.8) is 0 Å². The average Bonchev–Trinajstić information content (AvgIpc) is 3.08. The molecule has 1 aromatic heterocycles. The van der Waals surface area contributed by atoms with Crippen LogP contribution >= 0.6 is 0 Å². The highest BCUT2D eigenvalue weighted by molar-refractivity contribution is 5.87. The molecule has 2 heterocycles. The highest BCUT2D eigenvalue weighted by Gasteiger charge is 2.29. The van der Waals surface area contributed by atoms with Crippen LogP contribution in [0.3, 0.4) is 0 Å². The third-order valence-corrected chi connectivity index (χ3v) is 7.06. The molecule has 2 aromatic carbocycles. The zero-order valence-electron chi connectivity index (χ0n) is 23.4. The van der Waals surface area contributed by atoms with Crippen molar-refractivity contribution in [1.29, 1.82) is 0 Å². The van der Waals surface area contributed by atoms with Gasteiger partial charge in [-0.05, 0) is 34.7 Å². The summed E-state index contributed by atoms with van der Waals surface area (Å²) in [5.74, 6) is -1.78. The first-order chi connectivity index (χ1) is 19.6. The largest absolute Gasteiger partial charge is 0.481 e. The summed E-state index contributed by atoms with van der Waals surface area (Å²) in [5, 5.41) is 29.6. The van der Waals surface area contributed by atoms with E-state index in [1.165, 1.54) is 25.3 Å². The van der Waals surface area contributed by atoms with Gasteiger partial charge in [0.15, 0.2) is 0 Å². The van der Waals surface area contributed by atoms with E-state index in [1.54, 1.807) is 23.1 Å². The Morgan fingerprint density at radius 2 is 1.80 bits per heavy atom. The van der Waals surface area contributed by atoms with Crippen LogP contribution in [0.1, 0.15) is 55.0 Å². The van der Waals surface area contributed by atoms with E-state index in [0.29, 0.717) is 17.7 Å². The van der Waals surface area contributed by atoms with Crippen molar-refractivity contribution in [2.75, 3.05) is 13.7 Å². The predicted octanol–water partition coefficient (Wildman–Crippen LogP) is 4.77. The molecule has 0 saturated carbocycles. The molecule has 0 bridgehead atoms. The van der Waals surface area contributed by atoms with Crippen molar-refractivity contribution in [1.82, 2.24) is 9.88 Å². The van der Waals surface area contributed by atoms with E-state index >= 15 is 0 Å². The molecule has 1 aliphatic heterocycles. The minimum absolute atomic E-state index is 0.0458. The van der Waals surface area contributed by atoms with E-state index in [2.05, 4.69) is 0 Å². The van der Waals surface area contributed by atoms with Gasteiger partial charge in [-0.2, -0.15) is 0 Å². The SMILES string of the molecule is COCC(=O)N1Cc2ccccc2-c2nc(C(C)C)c(/C=C/[C@@H](O)C[C@@H](O)CC(=O)O)c(-c3ccc(F)cc3)c2C1. The number of carbonyl (C=O) groups excluding carboxylic acids is 1. The third-order valence-electron chi connectivity index (χ3n) is 7.06. The highest BCUT2D eigenvalue weighted by atomic mass is 19.1. The van der Waals surface area contributed by atoms with Gasteiger partial charge in [-0.15, -0.1) is 0 Å². The summed E-state index contributed by atoms with van der Waals surface area (Å²) in [6.07, 6.45) is 0.258. The zero-order chi connectivity index (χ0) is 29.7. The van der Waals surface area contributed by atoms with Crippen LogP contribution in [0.15, 0.2) is 54.6 Å². The summed E-state index contributed by atoms with van der Waals surface area (Å²) in [6, 6.07) is 13.9. The van der Waals surface area contributed by atoms with E-state index in [9.17, 15) is 24.2 Å². The number of rotatable bonds is 10. The van der Waals surface area contributed by atoms with Gasteiger partial charge in [0.05, 0.1) is 30.0 Å². The maximum absolute atomic E-state index is 14.0. The molecule has 0 fully saturated rings. The van der Waals surface area contributed by atoms with Gasteiger partial charge in [0.2, 0.25) is 5.91 Å². The lowest BCUT2D eigenvalue weighted by Crippen LogP contribution is -2.32. The van der Waals surface area contributed by atoms with Crippen LogP contribution in [-0.4, -0.2) is 63.0 Å². The molecule has 41 heavy (non-hydrogen) atoms. The van der Waals surface area contributed by atoms with Crippen LogP contribution in [0.4, 0.5) is 4.39 Å². The number of pyridine rings is 1. The molecule has 1 aliphatic rings. The quantitative estimate of drug-likeness (QED) is 0.326. The molecule has 0 radical (unpaired) electrons. The maximum atomic E-state index is 14.0. The summed E-state index contributed by atoms with van der Waals surface area (Å²) in [7, 11) is 1.47. The van der Waals surface area contributed by atoms with Gasteiger partial charge >= 0.3 is 5.97 Å². The van der Waals surface area contributed by atoms with Crippen molar-refractivity contribution in [2.24, 2.45) is 0 Å². The number of carbonyl (C=O) groups is 2. The first-order valence-corrected chi connectivity index (χ1v) is 13.5. The van der Waals surface area contributed by atoms with Crippen LogP contribution < -0.4 is 0 Å². The molecular weight excluding hydrogens is 527 g/mol. The molecule has 3 N–H and O–H groups in total. The van der Waals surface area contributed by atoms with Crippen LogP contribution in [0.25, 0.3) is 28.5 Å². The second-order valence-corrected chi connectivity index (χ2v) is 10.5. The van der Waals surface area contributed by atoms with Crippen LogP contribution in [-0.2, 0) is 27.4 Å². The fraction of sp³-hybridized carbons (Fsp3) is 0.344. The number of aliphatic hydroxyl groups is 2. The molecule has 2 atom stereocenters. The monoisotopic (exact) mass is 562 g/mol. The Bertz CT molecular complexity index is 1440. The summed E-state index contributed by atoms with van der Waals surface area (Å²) in [5.41, 5.74) is 6.23. The maximum Gasteiger partial charge on any atom is 0.305 e. The van der Waals surface area contributed by atoms with Gasteiger partial charge in [-0.3, -0.25) is 14.6 Å². The first-order valence-electron chi connectivity index (χ1n) is 13.5. The predicted molar refractivity (Wildman–Crippen MR) is 153 cm³/mol. The fourth-order valence-corrected chi connectivity index (χ4v) is 5.17. The molecule has 1 amide bonds. The average molecular weight is 563 g/mol. The Morgan fingerprint density at radius 3 is 2.46 bits per heavy atom. The summed E-state index contributed by atoms with van der Waals surface area (Å²) < 4.78 is 19.2. The third kappa shape index (κ3) is 7.05. The van der Waals surface area contributed by atoms with Crippen LogP contribution in [0.5, 0.6) is 0 Å². The van der Waals surface area contributed by atoms with Gasteiger partial charge in [0, 0.05) is 43.3 Å². The smallest absolute Gasteiger partial charge is 0.305 e. The Labute approximate surface area is 238 Å². The van der Waals surface area contributed by atoms with Crippen molar-refractivity contribution >= 4 is 18.0 Å². The molecule has 4 rings (SSSR count). The number of hydrogen-bond donors (Lipinski definition) is 3. The molecule has 8 nitrogen and oxygen atoms in total. The molecule has 0 aliphatic carbocycles. The van der Waals surface area contributed by atoms with Gasteiger partial charge < -0.3 is 25.0 Å². The number of aromatic nitrogens is 1. The van der Waals surface area contributed by atoms with E-state index in [4.69, 9.17) is 14.8 Å². The number of aliphatic carboxylic acids is 1. The van der Waals surface area contributed by atoms with E-state index in [1.807, 2.05) is 38.1 Å². The molecule has 0 saturated heterocycles. The molecular formula is C32H35FN2O6. The number of benzene rings is 2. The molecule has 216 valence electrons. The normalized spacial score (nSPS) is 14.5. The molecule has 3 aromatic rings. The Morgan fingerprint density at radius 1 is 1.10 bits per heavy atom. The summed E-state index contributed by atoms with van der Waals surface area (Å²) >= 11 is 0. The van der Waals surface area contributed by atoms with Gasteiger partial charge in [0.1, 0.15) is 12.4 Å². The van der Waals surface area contributed by atoms with Crippen molar-refractivity contribution in [3.05, 3.63) is 82.8 Å². The zero-order valence-corrected chi connectivity index (χ0v) is 23.4. The van der Waals surface area contributed by atoms with Crippen molar-refractivity contribution in [3.8, 4) is 22.4 Å². The standard InChI is InChI=1S/C32H35FN2O6/c1-19(2)31-26(13-12-23(36)14-24(37)15-29(39)40)30(20-8-10-22(33)11-9-20)27-17-35(28(38)18-41-3)16-21-6-4-5-7-25(21)32(27)34-31/h4-13,19,23-24,36-37H,14-18H2,1-3H3,(H,39,40)/b13-12+/t23-,24-/m1/s1. The van der Waals surface area contributed by atoms with Crippen LogP contribution in [0, 0.1) is 5.82 Å². The number of carboxylic acid groups (broad SMARTS) is 1. The minimum Gasteiger partial charge on any atom is -0.481 e. The Balaban J connectivity index is 1.96. The molecule has 9 heteroatoms. The number of hydrogen-bond acceptors (Lipinski definition) is 6. The fourth-order valence-electron chi connectivity index (χ4n) is 5.17. The van der Waals surface area contributed by atoms with Gasteiger partial charge in [0.25, 0.3) is 0 Å². The number of carboxylic acids is 1. The summed E-state index contributed by atoms with van der Waals surface area (Å²) in [4.78, 5) is 30.9.